The Morgan fingerprint density at radius 1 is 1.14 bits per heavy atom. The molecule has 1 saturated heterocycles. The minimum absolute atomic E-state index is 0.145. The molecular formula is C20H18FN5O2. The number of H-pyrrole nitrogens is 1. The molecule has 0 bridgehead atoms. The van der Waals surface area contributed by atoms with Crippen LogP contribution in [0.1, 0.15) is 41.0 Å². The van der Waals surface area contributed by atoms with Crippen LogP contribution in [0.15, 0.2) is 47.3 Å². The number of benzene rings is 1. The summed E-state index contributed by atoms with van der Waals surface area (Å²) in [6.07, 6.45) is 2.27. The molecule has 28 heavy (non-hydrogen) atoms. The van der Waals surface area contributed by atoms with Gasteiger partial charge in [-0.15, -0.1) is 0 Å². The third-order valence-electron chi connectivity index (χ3n) is 5.27. The van der Waals surface area contributed by atoms with Crippen molar-refractivity contribution in [1.82, 2.24) is 24.9 Å². The van der Waals surface area contributed by atoms with Crippen molar-refractivity contribution in [3.63, 3.8) is 0 Å². The number of rotatable bonds is 4. The molecular weight excluding hydrogens is 361 g/mol. The number of amides is 1. The zero-order valence-corrected chi connectivity index (χ0v) is 15.0. The first-order valence-electron chi connectivity index (χ1n) is 9.29. The van der Waals surface area contributed by atoms with Gasteiger partial charge in [-0.25, -0.2) is 9.07 Å². The van der Waals surface area contributed by atoms with E-state index in [1.54, 1.807) is 23.1 Å². The Morgan fingerprint density at radius 2 is 1.96 bits per heavy atom. The monoisotopic (exact) mass is 379 g/mol. The maximum Gasteiger partial charge on any atom is 0.274 e. The van der Waals surface area contributed by atoms with Crippen LogP contribution in [0.3, 0.4) is 0 Å². The molecule has 0 unspecified atom stereocenters. The molecule has 7 nitrogen and oxygen atoms in total. The van der Waals surface area contributed by atoms with Crippen molar-refractivity contribution in [2.45, 2.75) is 24.8 Å². The highest BCUT2D eigenvalue weighted by atomic mass is 19.1. The first-order chi connectivity index (χ1) is 13.6. The molecule has 0 atom stereocenters. The highest BCUT2D eigenvalue weighted by Crippen LogP contribution is 2.39. The molecule has 3 aromatic rings. The smallest absolute Gasteiger partial charge is 0.274 e. The highest BCUT2D eigenvalue weighted by molar-refractivity contribution is 5.93. The van der Waals surface area contributed by atoms with Crippen molar-refractivity contribution in [3.05, 3.63) is 70.0 Å². The molecule has 142 valence electrons. The Morgan fingerprint density at radius 3 is 2.71 bits per heavy atom. The van der Waals surface area contributed by atoms with Gasteiger partial charge in [-0.05, 0) is 37.1 Å². The van der Waals surface area contributed by atoms with Crippen molar-refractivity contribution in [1.29, 1.82) is 0 Å². The van der Waals surface area contributed by atoms with Crippen LogP contribution in [-0.4, -0.2) is 43.9 Å². The maximum atomic E-state index is 13.5. The minimum atomic E-state index is -0.359. The summed E-state index contributed by atoms with van der Waals surface area (Å²) in [5, 5.41) is 11.4. The molecule has 0 spiro atoms. The van der Waals surface area contributed by atoms with Crippen molar-refractivity contribution >= 4 is 5.91 Å². The van der Waals surface area contributed by atoms with Crippen LogP contribution in [-0.2, 0) is 0 Å². The van der Waals surface area contributed by atoms with Gasteiger partial charge in [-0.1, -0.05) is 12.1 Å². The maximum absolute atomic E-state index is 13.5. The van der Waals surface area contributed by atoms with Gasteiger partial charge in [0, 0.05) is 36.3 Å². The number of hydrogen-bond donors (Lipinski definition) is 1. The average molecular weight is 379 g/mol. The van der Waals surface area contributed by atoms with E-state index in [0.29, 0.717) is 36.0 Å². The van der Waals surface area contributed by atoms with Crippen LogP contribution in [0.2, 0.25) is 0 Å². The third kappa shape index (κ3) is 3.00. The summed E-state index contributed by atoms with van der Waals surface area (Å²) in [7, 11) is 0. The van der Waals surface area contributed by atoms with Crippen molar-refractivity contribution < 1.29 is 9.18 Å². The second-order valence-electron chi connectivity index (χ2n) is 7.36. The van der Waals surface area contributed by atoms with Crippen LogP contribution in [0.4, 0.5) is 4.39 Å². The lowest BCUT2D eigenvalue weighted by molar-refractivity contribution is 0.0487. The average Bonchev–Trinajstić information content (AvgIpc) is 3.38. The summed E-state index contributed by atoms with van der Waals surface area (Å²) in [6, 6.07) is 10.7. The fraction of sp³-hybridized carbons (Fsp3) is 0.300. The van der Waals surface area contributed by atoms with Gasteiger partial charge in [0.1, 0.15) is 11.5 Å². The molecule has 5 rings (SSSR count). The lowest BCUT2D eigenvalue weighted by Gasteiger charge is -2.38. The molecule has 1 aliphatic carbocycles. The van der Waals surface area contributed by atoms with Crippen LogP contribution in [0, 0.1) is 5.82 Å². The van der Waals surface area contributed by atoms with Gasteiger partial charge in [-0.2, -0.15) is 10.2 Å². The summed E-state index contributed by atoms with van der Waals surface area (Å²) in [4.78, 5) is 26.5. The largest absolute Gasteiger partial charge is 0.333 e. The van der Waals surface area contributed by atoms with Gasteiger partial charge in [0.15, 0.2) is 0 Å². The molecule has 0 radical (unpaired) electrons. The third-order valence-corrected chi connectivity index (χ3v) is 5.27. The first-order valence-corrected chi connectivity index (χ1v) is 9.29. The second kappa shape index (κ2) is 6.40. The molecule has 2 fully saturated rings. The fourth-order valence-corrected chi connectivity index (χ4v) is 3.48. The first kappa shape index (κ1) is 16.9. The Balaban J connectivity index is 1.32. The Kier molecular flexibility index (Phi) is 3.85. The van der Waals surface area contributed by atoms with E-state index in [9.17, 15) is 14.0 Å². The lowest BCUT2D eigenvalue weighted by Crippen LogP contribution is -2.53. The van der Waals surface area contributed by atoms with E-state index in [4.69, 9.17) is 0 Å². The minimum Gasteiger partial charge on any atom is -0.333 e. The lowest BCUT2D eigenvalue weighted by atomic mass is 10.1. The van der Waals surface area contributed by atoms with E-state index in [1.165, 1.54) is 22.9 Å². The predicted molar refractivity (Wildman–Crippen MR) is 99.4 cm³/mol. The zero-order chi connectivity index (χ0) is 19.3. The van der Waals surface area contributed by atoms with Gasteiger partial charge in [0.05, 0.1) is 11.7 Å². The number of carbonyl (C=O) groups is 1. The molecule has 2 aromatic heterocycles. The number of halogens is 1. The Labute approximate surface area is 159 Å². The van der Waals surface area contributed by atoms with Crippen LogP contribution >= 0.6 is 0 Å². The van der Waals surface area contributed by atoms with Gasteiger partial charge in [0.2, 0.25) is 0 Å². The van der Waals surface area contributed by atoms with Gasteiger partial charge >= 0.3 is 0 Å². The molecule has 1 N–H and O–H groups in total. The van der Waals surface area contributed by atoms with Gasteiger partial charge < -0.3 is 4.90 Å². The van der Waals surface area contributed by atoms with E-state index in [2.05, 4.69) is 15.3 Å². The van der Waals surface area contributed by atoms with E-state index >= 15 is 0 Å². The molecule has 1 amide bonds. The fourth-order valence-electron chi connectivity index (χ4n) is 3.48. The summed E-state index contributed by atoms with van der Waals surface area (Å²) in [5.74, 6) is 0.00213. The van der Waals surface area contributed by atoms with Crippen molar-refractivity contribution in [3.8, 4) is 11.3 Å². The number of aromatic amines is 1. The molecule has 2 aliphatic rings. The number of likely N-dealkylation sites (tertiary alicyclic amines) is 1. The normalized spacial score (nSPS) is 16.8. The predicted octanol–water partition coefficient (Wildman–Crippen LogP) is 2.35. The Hall–Kier alpha value is -3.29. The highest BCUT2D eigenvalue weighted by Gasteiger charge is 2.35. The van der Waals surface area contributed by atoms with Crippen LogP contribution in [0.25, 0.3) is 11.3 Å². The number of hydrogen-bond acceptors (Lipinski definition) is 4. The molecule has 8 heteroatoms. The molecule has 1 aliphatic heterocycles. The van der Waals surface area contributed by atoms with Crippen molar-refractivity contribution in [2.75, 3.05) is 13.1 Å². The van der Waals surface area contributed by atoms with E-state index < -0.39 is 0 Å². The zero-order valence-electron chi connectivity index (χ0n) is 15.0. The molecule has 1 saturated carbocycles. The Bertz CT molecular complexity index is 1110. The van der Waals surface area contributed by atoms with Gasteiger partial charge in [0.25, 0.3) is 11.5 Å². The second-order valence-corrected chi connectivity index (χ2v) is 7.36. The van der Waals surface area contributed by atoms with Crippen LogP contribution in [0.5, 0.6) is 0 Å². The van der Waals surface area contributed by atoms with E-state index in [-0.39, 0.29) is 23.3 Å². The van der Waals surface area contributed by atoms with E-state index in [0.717, 1.165) is 18.5 Å². The number of carbonyl (C=O) groups excluding carboxylic acids is 1. The topological polar surface area (TPSA) is 83.9 Å². The van der Waals surface area contributed by atoms with Crippen molar-refractivity contribution in [2.24, 2.45) is 0 Å². The standard InChI is InChI=1S/C20H18FN5O2/c21-14-3-1-2-13(8-14)16-6-7-19(27)26(24-16)15-10-25(11-15)20(28)18-9-17(22-23-18)12-4-5-12/h1-3,6-9,12,15H,4-5,10-11H2,(H,22,23). The number of nitrogens with zero attached hydrogens (tertiary/aromatic N) is 4. The molecule has 1 aromatic carbocycles. The summed E-state index contributed by atoms with van der Waals surface area (Å²) < 4.78 is 14.9. The van der Waals surface area contributed by atoms with Crippen LogP contribution < -0.4 is 5.56 Å². The molecule has 3 heterocycles. The summed E-state index contributed by atoms with van der Waals surface area (Å²) in [5.41, 5.74) is 2.30. The number of nitrogens with one attached hydrogen (secondary N) is 1. The van der Waals surface area contributed by atoms with Gasteiger partial charge in [-0.3, -0.25) is 14.7 Å². The SMILES string of the molecule is O=C(c1cc(C2CC2)[nH]n1)N1CC(n2nc(-c3cccc(F)c3)ccc2=O)C1. The number of aromatic nitrogens is 4. The quantitative estimate of drug-likeness (QED) is 0.754. The summed E-state index contributed by atoms with van der Waals surface area (Å²) >= 11 is 0. The summed E-state index contributed by atoms with van der Waals surface area (Å²) in [6.45, 7) is 0.786. The van der Waals surface area contributed by atoms with E-state index in [1.807, 2.05) is 6.07 Å².